The van der Waals surface area contributed by atoms with Crippen molar-refractivity contribution < 1.29 is 4.74 Å². The summed E-state index contributed by atoms with van der Waals surface area (Å²) in [5.41, 5.74) is 0.165. The fourth-order valence-electron chi connectivity index (χ4n) is 3.79. The molecule has 0 aromatic carbocycles. The van der Waals surface area contributed by atoms with E-state index in [2.05, 4.69) is 47.9 Å². The van der Waals surface area contributed by atoms with Crippen molar-refractivity contribution in [2.24, 2.45) is 16.3 Å². The van der Waals surface area contributed by atoms with Crippen molar-refractivity contribution in [2.75, 3.05) is 26.2 Å². The molecule has 1 fully saturated rings. The van der Waals surface area contributed by atoms with Crippen molar-refractivity contribution in [2.45, 2.75) is 73.0 Å². The van der Waals surface area contributed by atoms with Gasteiger partial charge >= 0.3 is 0 Å². The Morgan fingerprint density at radius 3 is 2.81 bits per heavy atom. The molecule has 0 radical (unpaired) electrons. The molecular formula is C21H39N5O. The number of unbranched alkanes of at least 4 members (excludes halogenated alkanes) is 1. The Morgan fingerprint density at radius 2 is 2.15 bits per heavy atom. The van der Waals surface area contributed by atoms with E-state index in [4.69, 9.17) is 9.73 Å². The van der Waals surface area contributed by atoms with Crippen LogP contribution in [0.3, 0.4) is 0 Å². The monoisotopic (exact) mass is 377 g/mol. The number of nitrogens with one attached hydrogen (secondary N) is 2. The van der Waals surface area contributed by atoms with E-state index >= 15 is 0 Å². The third-order valence-electron chi connectivity index (χ3n) is 5.17. The maximum absolute atomic E-state index is 6.09. The van der Waals surface area contributed by atoms with Gasteiger partial charge in [0.1, 0.15) is 5.82 Å². The minimum Gasteiger partial charge on any atom is -0.377 e. The van der Waals surface area contributed by atoms with Gasteiger partial charge in [0.05, 0.1) is 6.10 Å². The van der Waals surface area contributed by atoms with Gasteiger partial charge in [-0.3, -0.25) is 4.99 Å². The van der Waals surface area contributed by atoms with Gasteiger partial charge in [-0.2, -0.15) is 0 Å². The van der Waals surface area contributed by atoms with Crippen molar-refractivity contribution in [1.82, 2.24) is 20.2 Å². The lowest BCUT2D eigenvalue weighted by Crippen LogP contribution is -2.43. The van der Waals surface area contributed by atoms with Gasteiger partial charge in [0, 0.05) is 51.1 Å². The molecule has 2 heterocycles. The summed E-state index contributed by atoms with van der Waals surface area (Å²) in [7, 11) is 0. The summed E-state index contributed by atoms with van der Waals surface area (Å²) in [6.45, 7) is 15.5. The maximum atomic E-state index is 6.09. The Bertz CT molecular complexity index is 575. The number of imidazole rings is 1. The molecule has 1 aliphatic rings. The van der Waals surface area contributed by atoms with E-state index in [1.165, 1.54) is 6.42 Å². The van der Waals surface area contributed by atoms with Crippen LogP contribution in [-0.2, 0) is 11.3 Å². The molecule has 2 N–H and O–H groups in total. The van der Waals surface area contributed by atoms with Crippen molar-refractivity contribution in [1.29, 1.82) is 0 Å². The van der Waals surface area contributed by atoms with Crippen LogP contribution in [0.5, 0.6) is 0 Å². The van der Waals surface area contributed by atoms with Crippen molar-refractivity contribution in [3.63, 3.8) is 0 Å². The molecule has 0 saturated carbocycles. The normalized spacial score (nSPS) is 21.3. The Hall–Kier alpha value is -1.56. The fourth-order valence-corrected chi connectivity index (χ4v) is 3.79. The SMILES string of the molecule is CCNC(=NCC1CCCOC1C(C)(C)C)NCCCCn1ccnc1C. The van der Waals surface area contributed by atoms with Gasteiger partial charge in [-0.1, -0.05) is 20.8 Å². The van der Waals surface area contributed by atoms with Gasteiger partial charge in [-0.05, 0) is 44.9 Å². The largest absolute Gasteiger partial charge is 0.377 e. The molecule has 6 nitrogen and oxygen atoms in total. The van der Waals surface area contributed by atoms with Crippen molar-refractivity contribution >= 4 is 5.96 Å². The van der Waals surface area contributed by atoms with Crippen LogP contribution in [0.25, 0.3) is 0 Å². The second-order valence-corrected chi connectivity index (χ2v) is 8.58. The third-order valence-corrected chi connectivity index (χ3v) is 5.17. The fraction of sp³-hybridized carbons (Fsp3) is 0.810. The molecule has 0 amide bonds. The van der Waals surface area contributed by atoms with Crippen molar-refractivity contribution in [3.8, 4) is 0 Å². The highest BCUT2D eigenvalue weighted by Gasteiger charge is 2.35. The summed E-state index contributed by atoms with van der Waals surface area (Å²) in [5.74, 6) is 2.51. The lowest BCUT2D eigenvalue weighted by atomic mass is 9.78. The zero-order chi connectivity index (χ0) is 19.7. The lowest BCUT2D eigenvalue weighted by molar-refractivity contribution is -0.0823. The van der Waals surface area contributed by atoms with Crippen LogP contribution in [0.1, 0.15) is 59.2 Å². The molecule has 1 saturated heterocycles. The minimum atomic E-state index is 0.165. The molecule has 1 aromatic rings. The van der Waals surface area contributed by atoms with Gasteiger partial charge in [-0.25, -0.2) is 4.98 Å². The van der Waals surface area contributed by atoms with E-state index in [1.807, 2.05) is 19.3 Å². The molecule has 2 unspecified atom stereocenters. The molecule has 2 rings (SSSR count). The first-order valence-corrected chi connectivity index (χ1v) is 10.5. The third kappa shape index (κ3) is 7.17. The molecule has 1 aromatic heterocycles. The van der Waals surface area contributed by atoms with Gasteiger partial charge in [0.2, 0.25) is 0 Å². The summed E-state index contributed by atoms with van der Waals surface area (Å²) in [5, 5.41) is 6.85. The number of hydrogen-bond donors (Lipinski definition) is 2. The van der Waals surface area contributed by atoms with E-state index in [0.29, 0.717) is 5.92 Å². The Kier molecular flexibility index (Phi) is 8.61. The molecule has 6 heteroatoms. The van der Waals surface area contributed by atoms with Crippen LogP contribution >= 0.6 is 0 Å². The summed E-state index contributed by atoms with van der Waals surface area (Å²) in [6.07, 6.45) is 8.79. The number of aryl methyl sites for hydroxylation is 2. The minimum absolute atomic E-state index is 0.165. The van der Waals surface area contributed by atoms with Gasteiger partial charge in [0.15, 0.2) is 5.96 Å². The van der Waals surface area contributed by atoms with Crippen LogP contribution in [0.15, 0.2) is 17.4 Å². The quantitative estimate of drug-likeness (QED) is 0.414. The Balaban J connectivity index is 1.78. The topological polar surface area (TPSA) is 63.5 Å². The predicted molar refractivity (Wildman–Crippen MR) is 112 cm³/mol. The first-order valence-electron chi connectivity index (χ1n) is 10.5. The number of ether oxygens (including phenoxy) is 1. The van der Waals surface area contributed by atoms with Crippen molar-refractivity contribution in [3.05, 3.63) is 18.2 Å². The average Bonchev–Trinajstić information content (AvgIpc) is 3.03. The lowest BCUT2D eigenvalue weighted by Gasteiger charge is -2.39. The number of nitrogens with zero attached hydrogens (tertiary/aromatic N) is 3. The summed E-state index contributed by atoms with van der Waals surface area (Å²) in [6, 6.07) is 0. The second-order valence-electron chi connectivity index (χ2n) is 8.58. The summed E-state index contributed by atoms with van der Waals surface area (Å²) < 4.78 is 8.29. The summed E-state index contributed by atoms with van der Waals surface area (Å²) in [4.78, 5) is 9.13. The highest BCUT2D eigenvalue weighted by molar-refractivity contribution is 5.79. The molecule has 1 aliphatic heterocycles. The van der Waals surface area contributed by atoms with E-state index < -0.39 is 0 Å². The smallest absolute Gasteiger partial charge is 0.191 e. The van der Waals surface area contributed by atoms with Gasteiger partial charge < -0.3 is 19.9 Å². The second kappa shape index (κ2) is 10.7. The van der Waals surface area contributed by atoms with E-state index in [9.17, 15) is 0 Å². The number of rotatable bonds is 8. The average molecular weight is 378 g/mol. The molecule has 2 atom stereocenters. The van der Waals surface area contributed by atoms with Crippen LogP contribution in [0, 0.1) is 18.3 Å². The number of hydrogen-bond acceptors (Lipinski definition) is 3. The van der Waals surface area contributed by atoms with E-state index in [1.54, 1.807) is 0 Å². The van der Waals surface area contributed by atoms with E-state index in [-0.39, 0.29) is 11.5 Å². The molecule has 0 bridgehead atoms. The molecule has 0 aliphatic carbocycles. The number of guanidine groups is 1. The molecule has 27 heavy (non-hydrogen) atoms. The highest BCUT2D eigenvalue weighted by atomic mass is 16.5. The van der Waals surface area contributed by atoms with Crippen LogP contribution in [0.4, 0.5) is 0 Å². The van der Waals surface area contributed by atoms with Crippen LogP contribution in [-0.4, -0.2) is 47.9 Å². The first kappa shape index (κ1) is 21.7. The Morgan fingerprint density at radius 1 is 1.33 bits per heavy atom. The first-order chi connectivity index (χ1) is 12.9. The molecular weight excluding hydrogens is 338 g/mol. The molecule has 0 spiro atoms. The van der Waals surface area contributed by atoms with Crippen LogP contribution in [0.2, 0.25) is 0 Å². The summed E-state index contributed by atoms with van der Waals surface area (Å²) >= 11 is 0. The van der Waals surface area contributed by atoms with Gasteiger partial charge in [0.25, 0.3) is 0 Å². The number of aromatic nitrogens is 2. The standard InChI is InChI=1S/C21H39N5O/c1-6-22-20(24-11-7-8-13-26-14-12-23-17(26)2)25-16-18-10-9-15-27-19(18)21(3,4)5/h12,14,18-19H,6-11,13,15-16H2,1-5H3,(H2,22,24,25). The van der Waals surface area contributed by atoms with E-state index in [0.717, 1.165) is 63.8 Å². The Labute approximate surface area is 165 Å². The van der Waals surface area contributed by atoms with Gasteiger partial charge in [-0.15, -0.1) is 0 Å². The zero-order valence-electron chi connectivity index (χ0n) is 17.9. The predicted octanol–water partition coefficient (Wildman–Crippen LogP) is 3.37. The van der Waals surface area contributed by atoms with Crippen LogP contribution < -0.4 is 10.6 Å². The maximum Gasteiger partial charge on any atom is 0.191 e. The zero-order valence-corrected chi connectivity index (χ0v) is 17.9. The number of aliphatic imine (C=N–C) groups is 1. The highest BCUT2D eigenvalue weighted by Crippen LogP contribution is 2.34. The molecule has 154 valence electrons.